The van der Waals surface area contributed by atoms with Crippen molar-refractivity contribution in [2.75, 3.05) is 11.9 Å². The van der Waals surface area contributed by atoms with Gasteiger partial charge in [0.15, 0.2) is 0 Å². The highest BCUT2D eigenvalue weighted by Crippen LogP contribution is 2.21. The molecule has 0 aliphatic rings. The summed E-state index contributed by atoms with van der Waals surface area (Å²) in [5.74, 6) is -0.620. The average molecular weight is 271 g/mol. The van der Waals surface area contributed by atoms with Gasteiger partial charge in [0.25, 0.3) is 0 Å². The van der Waals surface area contributed by atoms with Gasteiger partial charge in [-0.15, -0.1) is 0 Å². The third-order valence-electron chi connectivity index (χ3n) is 3.14. The molecule has 2 aromatic carbocycles. The lowest BCUT2D eigenvalue weighted by molar-refractivity contribution is -0.136. The largest absolute Gasteiger partial charge is 0.508 e. The van der Waals surface area contributed by atoms with Gasteiger partial charge in [-0.3, -0.25) is 4.79 Å². The number of carbonyl (C=O) groups is 1. The van der Waals surface area contributed by atoms with Gasteiger partial charge in [-0.1, -0.05) is 30.3 Å². The van der Waals surface area contributed by atoms with Crippen LogP contribution in [0, 0.1) is 0 Å². The third-order valence-corrected chi connectivity index (χ3v) is 3.14. The first kappa shape index (κ1) is 13.9. The zero-order valence-electron chi connectivity index (χ0n) is 11.3. The Morgan fingerprint density at radius 2 is 1.80 bits per heavy atom. The molecule has 2 N–H and O–H groups in total. The number of hydrogen-bond donors (Lipinski definition) is 2. The van der Waals surface area contributed by atoms with E-state index in [4.69, 9.17) is 5.11 Å². The van der Waals surface area contributed by atoms with Gasteiger partial charge in [0.05, 0.1) is 6.42 Å². The van der Waals surface area contributed by atoms with E-state index in [1.54, 1.807) is 18.2 Å². The zero-order valence-corrected chi connectivity index (χ0v) is 11.3. The molecule has 0 aliphatic carbocycles. The number of carboxylic acids is 1. The summed E-state index contributed by atoms with van der Waals surface area (Å²) in [6.07, 6.45) is 0.0179. The Morgan fingerprint density at radius 1 is 1.10 bits per heavy atom. The molecule has 0 bridgehead atoms. The lowest BCUT2D eigenvalue weighted by Crippen LogP contribution is -2.18. The summed E-state index contributed by atoms with van der Waals surface area (Å²) >= 11 is 0. The van der Waals surface area contributed by atoms with E-state index in [0.29, 0.717) is 6.54 Å². The van der Waals surface area contributed by atoms with Crippen LogP contribution in [-0.4, -0.2) is 23.2 Å². The Labute approximate surface area is 117 Å². The van der Waals surface area contributed by atoms with Crippen molar-refractivity contribution in [3.63, 3.8) is 0 Å². The van der Waals surface area contributed by atoms with Crippen LogP contribution in [0.4, 0.5) is 5.69 Å². The Hall–Kier alpha value is -2.49. The number of rotatable bonds is 5. The zero-order chi connectivity index (χ0) is 14.5. The number of anilines is 1. The van der Waals surface area contributed by atoms with E-state index in [1.165, 1.54) is 0 Å². The SMILES string of the molecule is CN(Cc1ccccc1CC(=O)O)c1cccc(O)c1. The number of carboxylic acid groups (broad SMARTS) is 1. The topological polar surface area (TPSA) is 60.8 Å². The predicted molar refractivity (Wildman–Crippen MR) is 78.0 cm³/mol. The van der Waals surface area contributed by atoms with Crippen molar-refractivity contribution in [3.8, 4) is 5.75 Å². The van der Waals surface area contributed by atoms with Crippen LogP contribution in [0.15, 0.2) is 48.5 Å². The molecule has 0 saturated carbocycles. The summed E-state index contributed by atoms with van der Waals surface area (Å²) < 4.78 is 0. The number of phenols is 1. The molecule has 2 aromatic rings. The van der Waals surface area contributed by atoms with Gasteiger partial charge in [0.1, 0.15) is 5.75 Å². The molecule has 0 aliphatic heterocycles. The molecule has 0 spiro atoms. The lowest BCUT2D eigenvalue weighted by atomic mass is 10.0. The Balaban J connectivity index is 2.19. The van der Waals surface area contributed by atoms with Crippen LogP contribution < -0.4 is 4.90 Å². The van der Waals surface area contributed by atoms with Crippen LogP contribution in [0.3, 0.4) is 0 Å². The maximum Gasteiger partial charge on any atom is 0.307 e. The number of aliphatic carboxylic acids is 1. The average Bonchev–Trinajstić information content (AvgIpc) is 2.40. The summed E-state index contributed by atoms with van der Waals surface area (Å²) in [7, 11) is 1.91. The minimum atomic E-state index is -0.836. The van der Waals surface area contributed by atoms with Crippen molar-refractivity contribution >= 4 is 11.7 Å². The molecule has 0 fully saturated rings. The van der Waals surface area contributed by atoms with Crippen LogP contribution >= 0.6 is 0 Å². The number of phenolic OH excluding ortho intramolecular Hbond substituents is 1. The minimum absolute atomic E-state index is 0.0179. The molecule has 0 heterocycles. The first-order chi connectivity index (χ1) is 9.56. The van der Waals surface area contributed by atoms with Crippen LogP contribution in [0.25, 0.3) is 0 Å². The highest BCUT2D eigenvalue weighted by molar-refractivity contribution is 5.70. The first-order valence-corrected chi connectivity index (χ1v) is 6.35. The van der Waals surface area contributed by atoms with Crippen LogP contribution in [0.5, 0.6) is 5.75 Å². The highest BCUT2D eigenvalue weighted by atomic mass is 16.4. The molecule has 0 unspecified atom stereocenters. The molecular weight excluding hydrogens is 254 g/mol. The molecule has 20 heavy (non-hydrogen) atoms. The standard InChI is InChI=1S/C16H17NO3/c1-17(14-7-4-8-15(18)10-14)11-13-6-3-2-5-12(13)9-16(19)20/h2-8,10,18H,9,11H2,1H3,(H,19,20). The maximum absolute atomic E-state index is 10.9. The van der Waals surface area contributed by atoms with Gasteiger partial charge in [0.2, 0.25) is 0 Å². The quantitative estimate of drug-likeness (QED) is 0.877. The molecule has 0 aromatic heterocycles. The van der Waals surface area contributed by atoms with Gasteiger partial charge < -0.3 is 15.1 Å². The van der Waals surface area contributed by atoms with Crippen molar-refractivity contribution in [2.24, 2.45) is 0 Å². The van der Waals surface area contributed by atoms with E-state index in [0.717, 1.165) is 16.8 Å². The molecule has 0 amide bonds. The predicted octanol–water partition coefficient (Wildman–Crippen LogP) is 2.66. The van der Waals surface area contributed by atoms with Crippen molar-refractivity contribution in [1.82, 2.24) is 0 Å². The van der Waals surface area contributed by atoms with Gasteiger partial charge in [0, 0.05) is 25.3 Å². The molecule has 4 nitrogen and oxygen atoms in total. The minimum Gasteiger partial charge on any atom is -0.508 e. The molecule has 2 rings (SSSR count). The second-order valence-corrected chi connectivity index (χ2v) is 4.72. The molecule has 0 atom stereocenters. The Morgan fingerprint density at radius 3 is 2.45 bits per heavy atom. The van der Waals surface area contributed by atoms with Gasteiger partial charge in [-0.25, -0.2) is 0 Å². The smallest absolute Gasteiger partial charge is 0.307 e. The van der Waals surface area contributed by atoms with Crippen LogP contribution in [0.2, 0.25) is 0 Å². The van der Waals surface area contributed by atoms with Gasteiger partial charge in [-0.05, 0) is 23.3 Å². The fraction of sp³-hybridized carbons (Fsp3) is 0.188. The van der Waals surface area contributed by atoms with E-state index in [1.807, 2.05) is 42.3 Å². The number of hydrogen-bond acceptors (Lipinski definition) is 3. The van der Waals surface area contributed by atoms with E-state index >= 15 is 0 Å². The lowest BCUT2D eigenvalue weighted by Gasteiger charge is -2.21. The van der Waals surface area contributed by atoms with Crippen LogP contribution in [-0.2, 0) is 17.8 Å². The van der Waals surface area contributed by atoms with Crippen LogP contribution in [0.1, 0.15) is 11.1 Å². The normalized spacial score (nSPS) is 10.2. The van der Waals surface area contributed by atoms with Crippen molar-refractivity contribution in [1.29, 1.82) is 0 Å². The monoisotopic (exact) mass is 271 g/mol. The van der Waals surface area contributed by atoms with Gasteiger partial charge in [-0.2, -0.15) is 0 Å². The summed E-state index contributed by atoms with van der Waals surface area (Å²) in [5.41, 5.74) is 2.67. The van der Waals surface area contributed by atoms with Crippen molar-refractivity contribution < 1.29 is 15.0 Å². The number of nitrogens with zero attached hydrogens (tertiary/aromatic N) is 1. The molecule has 4 heteroatoms. The molecule has 0 saturated heterocycles. The summed E-state index contributed by atoms with van der Waals surface area (Å²) in [5, 5.41) is 18.4. The summed E-state index contributed by atoms with van der Waals surface area (Å²) in [4.78, 5) is 12.8. The first-order valence-electron chi connectivity index (χ1n) is 6.35. The molecular formula is C16H17NO3. The van der Waals surface area contributed by atoms with E-state index in [-0.39, 0.29) is 12.2 Å². The second-order valence-electron chi connectivity index (χ2n) is 4.72. The van der Waals surface area contributed by atoms with E-state index in [2.05, 4.69) is 0 Å². The van der Waals surface area contributed by atoms with E-state index < -0.39 is 5.97 Å². The number of benzene rings is 2. The second kappa shape index (κ2) is 6.10. The van der Waals surface area contributed by atoms with E-state index in [9.17, 15) is 9.90 Å². The number of aromatic hydroxyl groups is 1. The summed E-state index contributed by atoms with van der Waals surface area (Å²) in [6.45, 7) is 0.590. The van der Waals surface area contributed by atoms with Crippen molar-refractivity contribution in [2.45, 2.75) is 13.0 Å². The molecule has 0 radical (unpaired) electrons. The van der Waals surface area contributed by atoms with Crippen molar-refractivity contribution in [3.05, 3.63) is 59.7 Å². The maximum atomic E-state index is 10.9. The Kier molecular flexibility index (Phi) is 4.25. The summed E-state index contributed by atoms with van der Waals surface area (Å²) in [6, 6.07) is 14.5. The highest BCUT2D eigenvalue weighted by Gasteiger charge is 2.09. The fourth-order valence-corrected chi connectivity index (χ4v) is 2.12. The third kappa shape index (κ3) is 3.51. The fourth-order valence-electron chi connectivity index (χ4n) is 2.12. The van der Waals surface area contributed by atoms with Gasteiger partial charge >= 0.3 is 5.97 Å². The Bertz CT molecular complexity index is 610. The molecule has 104 valence electrons.